The summed E-state index contributed by atoms with van der Waals surface area (Å²) in [6.07, 6.45) is 7.01. The van der Waals surface area contributed by atoms with Crippen molar-refractivity contribution in [2.45, 2.75) is 52.6 Å². The van der Waals surface area contributed by atoms with Crippen molar-refractivity contribution in [2.75, 3.05) is 39.3 Å². The first kappa shape index (κ1) is 21.0. The summed E-state index contributed by atoms with van der Waals surface area (Å²) in [7, 11) is 0. The Morgan fingerprint density at radius 3 is 2.67 bits per heavy atom. The van der Waals surface area contributed by atoms with Gasteiger partial charge in [-0.1, -0.05) is 13.8 Å². The molecule has 4 heterocycles. The van der Waals surface area contributed by atoms with Crippen molar-refractivity contribution in [1.29, 1.82) is 0 Å². The van der Waals surface area contributed by atoms with Crippen molar-refractivity contribution < 1.29 is 4.79 Å². The van der Waals surface area contributed by atoms with Gasteiger partial charge in [-0.2, -0.15) is 5.10 Å². The van der Waals surface area contributed by atoms with Gasteiger partial charge in [0.1, 0.15) is 0 Å². The van der Waals surface area contributed by atoms with Crippen LogP contribution in [0.15, 0.2) is 24.5 Å². The van der Waals surface area contributed by atoms with Gasteiger partial charge in [0.05, 0.1) is 17.9 Å². The number of hydrogen-bond donors (Lipinski definition) is 0. The van der Waals surface area contributed by atoms with Crippen LogP contribution in [0.3, 0.4) is 0 Å². The molecular weight excluding hydrogens is 376 g/mol. The van der Waals surface area contributed by atoms with E-state index in [1.54, 1.807) is 0 Å². The fourth-order valence-corrected chi connectivity index (χ4v) is 4.82. The minimum absolute atomic E-state index is 0.272. The van der Waals surface area contributed by atoms with E-state index in [4.69, 9.17) is 5.10 Å². The molecule has 1 saturated heterocycles. The number of nitrogens with zero attached hydrogens (tertiary/aromatic N) is 6. The molecule has 0 atom stereocenters. The van der Waals surface area contributed by atoms with Gasteiger partial charge in [0.15, 0.2) is 0 Å². The van der Waals surface area contributed by atoms with Crippen molar-refractivity contribution in [1.82, 2.24) is 29.5 Å². The van der Waals surface area contributed by atoms with Gasteiger partial charge in [0.25, 0.3) is 0 Å². The zero-order chi connectivity index (χ0) is 21.1. The lowest BCUT2D eigenvalue weighted by Crippen LogP contribution is -2.49. The number of piperidine rings is 1. The molecule has 1 fully saturated rings. The van der Waals surface area contributed by atoms with Gasteiger partial charge in [-0.05, 0) is 45.0 Å². The first-order chi connectivity index (χ1) is 14.6. The molecule has 0 aliphatic carbocycles. The lowest BCUT2D eigenvalue weighted by Gasteiger charge is -2.38. The van der Waals surface area contributed by atoms with E-state index in [-0.39, 0.29) is 5.91 Å². The Bertz CT molecular complexity index is 866. The molecule has 0 bridgehead atoms. The summed E-state index contributed by atoms with van der Waals surface area (Å²) in [4.78, 5) is 24.0. The van der Waals surface area contributed by atoms with Crippen molar-refractivity contribution in [3.63, 3.8) is 0 Å². The van der Waals surface area contributed by atoms with Crippen molar-refractivity contribution in [2.24, 2.45) is 0 Å². The quantitative estimate of drug-likeness (QED) is 0.731. The first-order valence-corrected chi connectivity index (χ1v) is 11.3. The maximum absolute atomic E-state index is 12.9. The number of aryl methyl sites for hydroxylation is 1. The molecule has 2 aromatic rings. The number of hydrogen-bond acceptors (Lipinski definition) is 5. The van der Waals surface area contributed by atoms with Gasteiger partial charge < -0.3 is 9.80 Å². The monoisotopic (exact) mass is 410 g/mol. The minimum Gasteiger partial charge on any atom is -0.341 e. The molecule has 162 valence electrons. The molecule has 0 radical (unpaired) electrons. The van der Waals surface area contributed by atoms with Crippen molar-refractivity contribution in [3.05, 3.63) is 41.5 Å². The van der Waals surface area contributed by atoms with Crippen LogP contribution in [0.2, 0.25) is 0 Å². The summed E-state index contributed by atoms with van der Waals surface area (Å²) in [5, 5.41) is 4.77. The van der Waals surface area contributed by atoms with E-state index in [0.717, 1.165) is 75.6 Å². The summed E-state index contributed by atoms with van der Waals surface area (Å²) in [5.74, 6) is 0.272. The number of rotatable bonds is 6. The third-order valence-electron chi connectivity index (χ3n) is 6.59. The van der Waals surface area contributed by atoms with Crippen LogP contribution in [0.5, 0.6) is 0 Å². The SMILES string of the molecule is CCN(CC)C1CCN(C(=O)CN2CCc3nn(-c4ccnc(C)c4)cc3C2)CC1. The fourth-order valence-electron chi connectivity index (χ4n) is 4.82. The third-order valence-corrected chi connectivity index (χ3v) is 6.59. The van der Waals surface area contributed by atoms with E-state index in [1.165, 1.54) is 5.56 Å². The van der Waals surface area contributed by atoms with Crippen molar-refractivity contribution in [3.8, 4) is 5.69 Å². The molecule has 0 unspecified atom stereocenters. The highest BCUT2D eigenvalue weighted by molar-refractivity contribution is 5.78. The van der Waals surface area contributed by atoms with Crippen LogP contribution in [0.25, 0.3) is 5.69 Å². The van der Waals surface area contributed by atoms with E-state index in [1.807, 2.05) is 29.9 Å². The van der Waals surface area contributed by atoms with E-state index < -0.39 is 0 Å². The molecule has 0 spiro atoms. The second kappa shape index (κ2) is 9.27. The van der Waals surface area contributed by atoms with Crippen LogP contribution in [0.1, 0.15) is 43.6 Å². The van der Waals surface area contributed by atoms with Crippen LogP contribution in [0.4, 0.5) is 0 Å². The number of likely N-dealkylation sites (tertiary alicyclic amines) is 1. The van der Waals surface area contributed by atoms with E-state index in [9.17, 15) is 4.79 Å². The van der Waals surface area contributed by atoms with Gasteiger partial charge in [0.2, 0.25) is 5.91 Å². The molecule has 30 heavy (non-hydrogen) atoms. The van der Waals surface area contributed by atoms with Gasteiger partial charge in [-0.15, -0.1) is 0 Å². The lowest BCUT2D eigenvalue weighted by molar-refractivity contribution is -0.134. The zero-order valence-corrected chi connectivity index (χ0v) is 18.5. The number of amides is 1. The minimum atomic E-state index is 0.272. The van der Waals surface area contributed by atoms with Crippen LogP contribution in [-0.2, 0) is 17.8 Å². The topological polar surface area (TPSA) is 57.5 Å². The predicted molar refractivity (Wildman–Crippen MR) is 118 cm³/mol. The molecule has 0 N–H and O–H groups in total. The second-order valence-corrected chi connectivity index (χ2v) is 8.49. The molecule has 0 aromatic carbocycles. The summed E-state index contributed by atoms with van der Waals surface area (Å²) < 4.78 is 1.95. The Morgan fingerprint density at radius 2 is 1.97 bits per heavy atom. The molecular formula is C23H34N6O. The average molecular weight is 411 g/mol. The molecule has 2 aliphatic rings. The number of aromatic nitrogens is 3. The van der Waals surface area contributed by atoms with E-state index in [0.29, 0.717) is 12.6 Å². The highest BCUT2D eigenvalue weighted by atomic mass is 16.2. The molecule has 0 saturated carbocycles. The average Bonchev–Trinajstić information content (AvgIpc) is 3.18. The lowest BCUT2D eigenvalue weighted by atomic mass is 10.0. The van der Waals surface area contributed by atoms with Gasteiger partial charge in [-0.3, -0.25) is 14.7 Å². The van der Waals surface area contributed by atoms with Crippen LogP contribution >= 0.6 is 0 Å². The Morgan fingerprint density at radius 1 is 1.20 bits per heavy atom. The summed E-state index contributed by atoms with van der Waals surface area (Å²) in [6, 6.07) is 4.65. The molecule has 2 aliphatic heterocycles. The molecule has 7 heteroatoms. The third kappa shape index (κ3) is 4.57. The van der Waals surface area contributed by atoms with Gasteiger partial charge >= 0.3 is 0 Å². The van der Waals surface area contributed by atoms with E-state index in [2.05, 4.69) is 39.7 Å². The van der Waals surface area contributed by atoms with E-state index >= 15 is 0 Å². The second-order valence-electron chi connectivity index (χ2n) is 8.49. The highest BCUT2D eigenvalue weighted by Gasteiger charge is 2.28. The molecule has 4 rings (SSSR count). The predicted octanol–water partition coefficient (Wildman–Crippen LogP) is 2.27. The van der Waals surface area contributed by atoms with Crippen molar-refractivity contribution >= 4 is 5.91 Å². The Kier molecular flexibility index (Phi) is 6.49. The maximum atomic E-state index is 12.9. The smallest absolute Gasteiger partial charge is 0.236 e. The first-order valence-electron chi connectivity index (χ1n) is 11.3. The van der Waals surface area contributed by atoms with Crippen LogP contribution in [-0.4, -0.2) is 80.7 Å². The van der Waals surface area contributed by atoms with Gasteiger partial charge in [-0.25, -0.2) is 4.68 Å². The Hall–Kier alpha value is -2.25. The maximum Gasteiger partial charge on any atom is 0.236 e. The molecule has 1 amide bonds. The normalized spacial score (nSPS) is 18.1. The Balaban J connectivity index is 1.33. The zero-order valence-electron chi connectivity index (χ0n) is 18.5. The standard InChI is InChI=1S/C23H34N6O/c1-4-27(5-2)20-7-12-28(13-8-20)23(30)17-26-11-9-22-19(15-26)16-29(25-22)21-6-10-24-18(3)14-21/h6,10,14,16,20H,4-5,7-9,11-13,15,17H2,1-3H3. The summed E-state index contributed by atoms with van der Waals surface area (Å²) in [5.41, 5.74) is 4.39. The largest absolute Gasteiger partial charge is 0.341 e. The number of pyridine rings is 1. The fraction of sp³-hybridized carbons (Fsp3) is 0.609. The summed E-state index contributed by atoms with van der Waals surface area (Å²) >= 11 is 0. The van der Waals surface area contributed by atoms with Crippen LogP contribution < -0.4 is 0 Å². The summed E-state index contributed by atoms with van der Waals surface area (Å²) in [6.45, 7) is 12.6. The van der Waals surface area contributed by atoms with Crippen LogP contribution in [0, 0.1) is 6.92 Å². The molecule has 2 aromatic heterocycles. The highest BCUT2D eigenvalue weighted by Crippen LogP contribution is 2.21. The number of carbonyl (C=O) groups is 1. The molecule has 7 nitrogen and oxygen atoms in total. The number of carbonyl (C=O) groups excluding carboxylic acids is 1. The Labute approximate surface area is 179 Å². The number of fused-ring (bicyclic) bond motifs is 1. The van der Waals surface area contributed by atoms with Gasteiger partial charge in [0, 0.05) is 62.3 Å².